The number of ether oxygens (including phenoxy) is 2. The van der Waals surface area contributed by atoms with Crippen LogP contribution in [-0.2, 0) is 4.79 Å². The molecule has 0 unspecified atom stereocenters. The monoisotopic (exact) mass is 472 g/mol. The van der Waals surface area contributed by atoms with E-state index in [1.54, 1.807) is 48.5 Å². The average molecular weight is 473 g/mol. The predicted molar refractivity (Wildman–Crippen MR) is 133 cm³/mol. The zero-order valence-corrected chi connectivity index (χ0v) is 19.1. The molecule has 0 aromatic heterocycles. The molecule has 4 aromatic rings. The van der Waals surface area contributed by atoms with Crippen LogP contribution >= 0.6 is 11.6 Å². The molecule has 4 rings (SSSR count). The second kappa shape index (κ2) is 10.6. The maximum absolute atomic E-state index is 12.7. The molecule has 4 aromatic carbocycles. The molecule has 0 aliphatic rings. The highest BCUT2D eigenvalue weighted by Crippen LogP contribution is 2.27. The Labute approximate surface area is 201 Å². The highest BCUT2D eigenvalue weighted by molar-refractivity contribution is 6.30. The summed E-state index contributed by atoms with van der Waals surface area (Å²) in [4.78, 5) is 24.9. The van der Waals surface area contributed by atoms with Gasteiger partial charge >= 0.3 is 5.97 Å². The zero-order valence-electron chi connectivity index (χ0n) is 18.3. The summed E-state index contributed by atoms with van der Waals surface area (Å²) in [6.45, 7) is 1.67. The van der Waals surface area contributed by atoms with Gasteiger partial charge in [0.15, 0.2) is 6.61 Å². The fraction of sp³-hybridized carbons (Fsp3) is 0.0741. The van der Waals surface area contributed by atoms with Gasteiger partial charge in [0.05, 0.1) is 11.8 Å². The summed E-state index contributed by atoms with van der Waals surface area (Å²) in [6, 6.07) is 25.1. The number of hydrogen-bond donors (Lipinski definition) is 1. The van der Waals surface area contributed by atoms with Gasteiger partial charge in [-0.3, -0.25) is 4.79 Å². The third kappa shape index (κ3) is 5.79. The summed E-state index contributed by atoms with van der Waals surface area (Å²) in [5.74, 6) is -0.119. The van der Waals surface area contributed by atoms with Gasteiger partial charge in [-0.1, -0.05) is 65.7 Å². The van der Waals surface area contributed by atoms with Crippen molar-refractivity contribution in [1.82, 2.24) is 5.43 Å². The maximum atomic E-state index is 12.7. The zero-order chi connectivity index (χ0) is 23.9. The van der Waals surface area contributed by atoms with E-state index in [0.717, 1.165) is 16.3 Å². The van der Waals surface area contributed by atoms with Crippen LogP contribution in [0.4, 0.5) is 0 Å². The van der Waals surface area contributed by atoms with Gasteiger partial charge in [-0.25, -0.2) is 10.2 Å². The Balaban J connectivity index is 1.51. The van der Waals surface area contributed by atoms with Crippen molar-refractivity contribution in [3.63, 3.8) is 0 Å². The van der Waals surface area contributed by atoms with Gasteiger partial charge < -0.3 is 9.47 Å². The standard InChI is InChI=1S/C27H21ClN2O4/c1-18-6-4-8-20(14-18)27(32)34-25-13-12-19-7-2-3-11-23(19)24(25)16-29-30-26(31)17-33-22-10-5-9-21(28)15-22/h2-16H,17H2,1H3,(H,30,31). The first-order valence-corrected chi connectivity index (χ1v) is 10.9. The number of esters is 1. The predicted octanol–water partition coefficient (Wildman–Crippen LogP) is 5.55. The van der Waals surface area contributed by atoms with E-state index in [1.807, 2.05) is 43.3 Å². The molecule has 0 radical (unpaired) electrons. The summed E-state index contributed by atoms with van der Waals surface area (Å²) in [7, 11) is 0. The average Bonchev–Trinajstić information content (AvgIpc) is 2.84. The number of fused-ring (bicyclic) bond motifs is 1. The fourth-order valence-electron chi connectivity index (χ4n) is 3.34. The van der Waals surface area contributed by atoms with Crippen molar-refractivity contribution in [1.29, 1.82) is 0 Å². The number of hydrogen-bond acceptors (Lipinski definition) is 5. The first kappa shape index (κ1) is 23.0. The number of carbonyl (C=O) groups excluding carboxylic acids is 2. The highest BCUT2D eigenvalue weighted by Gasteiger charge is 2.14. The van der Waals surface area contributed by atoms with Gasteiger partial charge in [-0.15, -0.1) is 0 Å². The lowest BCUT2D eigenvalue weighted by Crippen LogP contribution is -2.24. The molecule has 0 aliphatic carbocycles. The molecule has 7 heteroatoms. The van der Waals surface area contributed by atoms with Gasteiger partial charge in [-0.05, 0) is 54.1 Å². The van der Waals surface area contributed by atoms with E-state index in [4.69, 9.17) is 21.1 Å². The van der Waals surface area contributed by atoms with Crippen LogP contribution in [0.1, 0.15) is 21.5 Å². The van der Waals surface area contributed by atoms with Crippen molar-refractivity contribution in [2.24, 2.45) is 5.10 Å². The number of benzene rings is 4. The minimum Gasteiger partial charge on any atom is -0.484 e. The number of halogens is 1. The molecule has 6 nitrogen and oxygen atoms in total. The lowest BCUT2D eigenvalue weighted by molar-refractivity contribution is -0.123. The minimum atomic E-state index is -0.479. The van der Waals surface area contributed by atoms with Crippen molar-refractivity contribution in [2.45, 2.75) is 6.92 Å². The van der Waals surface area contributed by atoms with Gasteiger partial charge in [0, 0.05) is 10.6 Å². The molecule has 0 heterocycles. The number of amides is 1. The third-order valence-corrected chi connectivity index (χ3v) is 5.17. The Morgan fingerprint density at radius 3 is 2.62 bits per heavy atom. The molecule has 0 saturated carbocycles. The van der Waals surface area contributed by atoms with Gasteiger partial charge in [0.2, 0.25) is 0 Å². The summed E-state index contributed by atoms with van der Waals surface area (Å²) >= 11 is 5.92. The number of nitrogens with one attached hydrogen (secondary N) is 1. The number of carbonyl (C=O) groups is 2. The second-order valence-corrected chi connectivity index (χ2v) is 7.93. The van der Waals surface area contributed by atoms with Gasteiger partial charge in [0.25, 0.3) is 5.91 Å². The van der Waals surface area contributed by atoms with Crippen molar-refractivity contribution < 1.29 is 19.1 Å². The largest absolute Gasteiger partial charge is 0.484 e. The lowest BCUT2D eigenvalue weighted by Gasteiger charge is -2.11. The first-order chi connectivity index (χ1) is 16.5. The molecule has 0 atom stereocenters. The summed E-state index contributed by atoms with van der Waals surface area (Å²) in [5, 5.41) is 6.33. The molecular formula is C27H21ClN2O4. The Kier molecular flexibility index (Phi) is 7.20. The Morgan fingerprint density at radius 2 is 1.79 bits per heavy atom. The fourth-order valence-corrected chi connectivity index (χ4v) is 3.52. The van der Waals surface area contributed by atoms with Crippen LogP contribution in [0.5, 0.6) is 11.5 Å². The van der Waals surface area contributed by atoms with Crippen LogP contribution in [0.25, 0.3) is 10.8 Å². The van der Waals surface area contributed by atoms with E-state index in [-0.39, 0.29) is 6.61 Å². The second-order valence-electron chi connectivity index (χ2n) is 7.50. The van der Waals surface area contributed by atoms with E-state index < -0.39 is 11.9 Å². The number of rotatable bonds is 7. The van der Waals surface area contributed by atoms with E-state index in [0.29, 0.717) is 27.6 Å². The third-order valence-electron chi connectivity index (χ3n) is 4.94. The molecule has 34 heavy (non-hydrogen) atoms. The lowest BCUT2D eigenvalue weighted by atomic mass is 10.0. The molecular weight excluding hydrogens is 452 g/mol. The highest BCUT2D eigenvalue weighted by atomic mass is 35.5. The van der Waals surface area contributed by atoms with Crippen LogP contribution in [0.2, 0.25) is 5.02 Å². The number of aryl methyl sites for hydroxylation is 1. The molecule has 0 aliphatic heterocycles. The van der Waals surface area contributed by atoms with Crippen LogP contribution in [0, 0.1) is 6.92 Å². The van der Waals surface area contributed by atoms with E-state index in [1.165, 1.54) is 6.21 Å². The molecule has 0 spiro atoms. The summed E-state index contributed by atoms with van der Waals surface area (Å²) in [5.41, 5.74) is 4.40. The van der Waals surface area contributed by atoms with Crippen molar-refractivity contribution in [2.75, 3.05) is 6.61 Å². The van der Waals surface area contributed by atoms with E-state index >= 15 is 0 Å². The van der Waals surface area contributed by atoms with Crippen LogP contribution in [0.3, 0.4) is 0 Å². The number of nitrogens with zero attached hydrogens (tertiary/aromatic N) is 1. The molecule has 0 fully saturated rings. The smallest absolute Gasteiger partial charge is 0.343 e. The van der Waals surface area contributed by atoms with Crippen LogP contribution in [0.15, 0.2) is 90.0 Å². The summed E-state index contributed by atoms with van der Waals surface area (Å²) in [6.07, 6.45) is 1.46. The van der Waals surface area contributed by atoms with Crippen LogP contribution < -0.4 is 14.9 Å². The topological polar surface area (TPSA) is 77.0 Å². The van der Waals surface area contributed by atoms with Gasteiger partial charge in [-0.2, -0.15) is 5.10 Å². The molecule has 170 valence electrons. The maximum Gasteiger partial charge on any atom is 0.343 e. The van der Waals surface area contributed by atoms with Crippen molar-refractivity contribution >= 4 is 40.5 Å². The minimum absolute atomic E-state index is 0.234. The number of hydrazone groups is 1. The van der Waals surface area contributed by atoms with Gasteiger partial charge in [0.1, 0.15) is 11.5 Å². The molecule has 0 saturated heterocycles. The van der Waals surface area contributed by atoms with E-state index in [2.05, 4.69) is 10.5 Å². The van der Waals surface area contributed by atoms with E-state index in [9.17, 15) is 9.59 Å². The molecule has 0 bridgehead atoms. The Morgan fingerprint density at radius 1 is 0.971 bits per heavy atom. The Bertz CT molecular complexity index is 1380. The Hall–Kier alpha value is -4.16. The molecule has 1 N–H and O–H groups in total. The molecule has 1 amide bonds. The SMILES string of the molecule is Cc1cccc(C(=O)Oc2ccc3ccccc3c2C=NNC(=O)COc2cccc(Cl)c2)c1. The normalized spacial score (nSPS) is 10.9. The van der Waals surface area contributed by atoms with Crippen molar-refractivity contribution in [3.05, 3.63) is 107 Å². The van der Waals surface area contributed by atoms with Crippen LogP contribution in [-0.4, -0.2) is 24.7 Å². The first-order valence-electron chi connectivity index (χ1n) is 10.5. The quantitative estimate of drug-likeness (QED) is 0.165. The summed E-state index contributed by atoms with van der Waals surface area (Å²) < 4.78 is 11.1. The van der Waals surface area contributed by atoms with Crippen molar-refractivity contribution in [3.8, 4) is 11.5 Å².